The van der Waals surface area contributed by atoms with Gasteiger partial charge in [0.2, 0.25) is 0 Å². The molecular formula is C11H10ClF3N2. The van der Waals surface area contributed by atoms with Crippen LogP contribution in [-0.4, -0.2) is 9.97 Å². The third-order valence-corrected chi connectivity index (χ3v) is 2.16. The van der Waals surface area contributed by atoms with Crippen LogP contribution in [0.4, 0.5) is 13.2 Å². The van der Waals surface area contributed by atoms with Crippen LogP contribution in [0.1, 0.15) is 19.4 Å². The molecule has 0 radical (unpaired) electrons. The normalized spacial score (nSPS) is 10.9. The molecule has 92 valence electrons. The minimum absolute atomic E-state index is 0.0984. The molecule has 6 heteroatoms. The fourth-order valence-electron chi connectivity index (χ4n) is 1.18. The summed E-state index contributed by atoms with van der Waals surface area (Å²) in [6, 6.07) is 2.43. The Hall–Kier alpha value is -1.36. The Morgan fingerprint density at radius 1 is 1.18 bits per heavy atom. The summed E-state index contributed by atoms with van der Waals surface area (Å²) in [6.45, 7) is 4.00. The molecule has 0 aromatic carbocycles. The van der Waals surface area contributed by atoms with Crippen molar-refractivity contribution in [3.63, 3.8) is 0 Å². The molecule has 0 fully saturated rings. The Morgan fingerprint density at radius 3 is 2.41 bits per heavy atom. The number of hydrogen-bond acceptors (Lipinski definition) is 2. The van der Waals surface area contributed by atoms with Gasteiger partial charge in [-0.15, -0.1) is 0 Å². The van der Waals surface area contributed by atoms with E-state index in [1.54, 1.807) is 0 Å². The number of pyridine rings is 2. The number of halogens is 4. The van der Waals surface area contributed by atoms with Crippen LogP contribution in [-0.2, 0) is 6.18 Å². The SMILES string of the molecule is CC.FC(F)(F)c1cnc2c(Cl)nccc2c1. The number of alkyl halides is 3. The van der Waals surface area contributed by atoms with Gasteiger partial charge in [0.25, 0.3) is 0 Å². The molecule has 0 aliphatic rings. The summed E-state index contributed by atoms with van der Waals surface area (Å²) in [5, 5.41) is 0.422. The van der Waals surface area contributed by atoms with Crippen molar-refractivity contribution in [2.24, 2.45) is 0 Å². The molecule has 2 rings (SSSR count). The van der Waals surface area contributed by atoms with Gasteiger partial charge in [0.15, 0.2) is 5.15 Å². The van der Waals surface area contributed by atoms with Crippen LogP contribution in [0.3, 0.4) is 0 Å². The van der Waals surface area contributed by atoms with E-state index in [1.165, 1.54) is 12.3 Å². The highest BCUT2D eigenvalue weighted by atomic mass is 35.5. The third kappa shape index (κ3) is 3.06. The summed E-state index contributed by atoms with van der Waals surface area (Å²) in [7, 11) is 0. The zero-order chi connectivity index (χ0) is 13.1. The standard InChI is InChI=1S/C9H4ClF3N2.C2H6/c10-8-7-5(1-2-14-8)3-6(4-15-7)9(11,12)13;1-2/h1-4H;1-2H3. The summed E-state index contributed by atoms with van der Waals surface area (Å²) in [6.07, 6.45) is -2.31. The predicted molar refractivity (Wildman–Crippen MR) is 60.9 cm³/mol. The largest absolute Gasteiger partial charge is 0.417 e. The van der Waals surface area contributed by atoms with Crippen molar-refractivity contribution in [2.75, 3.05) is 0 Å². The molecule has 2 aromatic heterocycles. The van der Waals surface area contributed by atoms with Crippen molar-refractivity contribution in [1.82, 2.24) is 9.97 Å². The van der Waals surface area contributed by atoms with Crippen LogP contribution in [0, 0.1) is 0 Å². The van der Waals surface area contributed by atoms with E-state index in [1.807, 2.05) is 13.8 Å². The average Bonchev–Trinajstić information content (AvgIpc) is 2.30. The van der Waals surface area contributed by atoms with Crippen molar-refractivity contribution >= 4 is 22.5 Å². The molecule has 0 amide bonds. The van der Waals surface area contributed by atoms with E-state index in [4.69, 9.17) is 11.6 Å². The topological polar surface area (TPSA) is 25.8 Å². The second-order valence-corrected chi connectivity index (χ2v) is 3.25. The second-order valence-electron chi connectivity index (χ2n) is 2.90. The fourth-order valence-corrected chi connectivity index (χ4v) is 1.39. The molecule has 17 heavy (non-hydrogen) atoms. The summed E-state index contributed by atoms with van der Waals surface area (Å²) < 4.78 is 37.0. The Bertz CT molecular complexity index is 512. The van der Waals surface area contributed by atoms with Crippen LogP contribution in [0.2, 0.25) is 5.15 Å². The van der Waals surface area contributed by atoms with E-state index in [-0.39, 0.29) is 10.7 Å². The molecule has 0 spiro atoms. The van der Waals surface area contributed by atoms with Crippen LogP contribution in [0.5, 0.6) is 0 Å². The maximum absolute atomic E-state index is 12.3. The van der Waals surface area contributed by atoms with E-state index in [9.17, 15) is 13.2 Å². The molecule has 2 heterocycles. The molecule has 0 aliphatic heterocycles. The van der Waals surface area contributed by atoms with E-state index < -0.39 is 11.7 Å². The van der Waals surface area contributed by atoms with Gasteiger partial charge >= 0.3 is 6.18 Å². The van der Waals surface area contributed by atoms with Crippen molar-refractivity contribution in [2.45, 2.75) is 20.0 Å². The smallest absolute Gasteiger partial charge is 0.252 e. The molecule has 0 unspecified atom stereocenters. The molecule has 0 atom stereocenters. The lowest BCUT2D eigenvalue weighted by atomic mass is 10.2. The molecule has 0 saturated heterocycles. The highest BCUT2D eigenvalue weighted by Crippen LogP contribution is 2.31. The molecular weight excluding hydrogens is 253 g/mol. The van der Waals surface area contributed by atoms with Gasteiger partial charge in [-0.25, -0.2) is 4.98 Å². The van der Waals surface area contributed by atoms with Gasteiger partial charge in [0, 0.05) is 17.8 Å². The number of fused-ring (bicyclic) bond motifs is 1. The lowest BCUT2D eigenvalue weighted by Gasteiger charge is -2.06. The van der Waals surface area contributed by atoms with E-state index in [0.29, 0.717) is 5.39 Å². The first-order valence-electron chi connectivity index (χ1n) is 4.96. The van der Waals surface area contributed by atoms with Crippen LogP contribution < -0.4 is 0 Å². The molecule has 0 aliphatic carbocycles. The van der Waals surface area contributed by atoms with Gasteiger partial charge in [0.1, 0.15) is 5.52 Å². The predicted octanol–water partition coefficient (Wildman–Crippen LogP) is 4.33. The maximum atomic E-state index is 12.3. The van der Waals surface area contributed by atoms with Crippen molar-refractivity contribution in [3.05, 3.63) is 35.2 Å². The first-order chi connectivity index (χ1) is 7.98. The van der Waals surface area contributed by atoms with Gasteiger partial charge in [-0.3, -0.25) is 4.98 Å². The molecule has 0 N–H and O–H groups in total. The number of nitrogens with zero attached hydrogens (tertiary/aromatic N) is 2. The molecule has 2 nitrogen and oxygen atoms in total. The third-order valence-electron chi connectivity index (χ3n) is 1.88. The van der Waals surface area contributed by atoms with Crippen LogP contribution in [0.25, 0.3) is 10.9 Å². The lowest BCUT2D eigenvalue weighted by molar-refractivity contribution is -0.137. The summed E-state index contributed by atoms with van der Waals surface area (Å²) in [4.78, 5) is 7.35. The van der Waals surface area contributed by atoms with E-state index >= 15 is 0 Å². The second kappa shape index (κ2) is 5.31. The molecule has 2 aromatic rings. The Balaban J connectivity index is 0.000000686. The van der Waals surface area contributed by atoms with Gasteiger partial charge in [-0.2, -0.15) is 13.2 Å². The Labute approximate surface area is 101 Å². The van der Waals surface area contributed by atoms with Gasteiger partial charge in [-0.1, -0.05) is 25.4 Å². The Kier molecular flexibility index (Phi) is 4.28. The van der Waals surface area contributed by atoms with Crippen molar-refractivity contribution in [3.8, 4) is 0 Å². The summed E-state index contributed by atoms with van der Waals surface area (Å²) in [5.41, 5.74) is -0.524. The molecule has 0 saturated carbocycles. The molecule has 0 bridgehead atoms. The zero-order valence-corrected chi connectivity index (χ0v) is 9.97. The van der Waals surface area contributed by atoms with Crippen LogP contribution in [0.15, 0.2) is 24.5 Å². The zero-order valence-electron chi connectivity index (χ0n) is 9.22. The summed E-state index contributed by atoms with van der Waals surface area (Å²) in [5.74, 6) is 0. The maximum Gasteiger partial charge on any atom is 0.417 e. The van der Waals surface area contributed by atoms with E-state index in [0.717, 1.165) is 12.3 Å². The number of hydrogen-bond donors (Lipinski definition) is 0. The highest BCUT2D eigenvalue weighted by Gasteiger charge is 2.31. The average molecular weight is 263 g/mol. The van der Waals surface area contributed by atoms with Gasteiger partial charge in [-0.05, 0) is 12.1 Å². The monoisotopic (exact) mass is 262 g/mol. The fraction of sp³-hybridized carbons (Fsp3) is 0.273. The van der Waals surface area contributed by atoms with Gasteiger partial charge < -0.3 is 0 Å². The van der Waals surface area contributed by atoms with E-state index in [2.05, 4.69) is 9.97 Å². The Morgan fingerprint density at radius 2 is 1.82 bits per heavy atom. The summed E-state index contributed by atoms with van der Waals surface area (Å²) >= 11 is 5.67. The van der Waals surface area contributed by atoms with Gasteiger partial charge in [0.05, 0.1) is 5.56 Å². The minimum atomic E-state index is -4.39. The van der Waals surface area contributed by atoms with Crippen LogP contribution >= 0.6 is 11.6 Å². The minimum Gasteiger partial charge on any atom is -0.252 e. The van der Waals surface area contributed by atoms with Crippen molar-refractivity contribution < 1.29 is 13.2 Å². The first-order valence-corrected chi connectivity index (χ1v) is 5.34. The quantitative estimate of drug-likeness (QED) is 0.661. The lowest BCUT2D eigenvalue weighted by Crippen LogP contribution is -2.05. The highest BCUT2D eigenvalue weighted by molar-refractivity contribution is 6.33. The number of rotatable bonds is 0. The first kappa shape index (κ1) is 13.7. The van der Waals surface area contributed by atoms with Crippen molar-refractivity contribution in [1.29, 1.82) is 0 Å². The number of aromatic nitrogens is 2.